The molecule has 0 aliphatic heterocycles. The number of carboxylic acid groups (broad SMARTS) is 1. The van der Waals surface area contributed by atoms with Gasteiger partial charge in [-0.2, -0.15) is 0 Å². The minimum Gasteiger partial charge on any atom is -0.550 e. The summed E-state index contributed by atoms with van der Waals surface area (Å²) in [6.07, 6.45) is 0.0114. The molecule has 0 rings (SSSR count). The Morgan fingerprint density at radius 3 is 2.22 bits per heavy atom. The number of carbonyl (C=O) groups excluding carboxylic acids is 2. The third kappa shape index (κ3) is 7.06. The van der Waals surface area contributed by atoms with Crippen LogP contribution in [0.3, 0.4) is 0 Å². The van der Waals surface area contributed by atoms with Crippen molar-refractivity contribution < 1.29 is 19.2 Å². The molecule has 18 heavy (non-hydrogen) atoms. The molecule has 0 aliphatic rings. The van der Waals surface area contributed by atoms with E-state index in [1.165, 1.54) is 0 Å². The zero-order valence-corrected chi connectivity index (χ0v) is 12.0. The highest BCUT2D eigenvalue weighted by Gasteiger charge is 2.29. The van der Waals surface area contributed by atoms with E-state index < -0.39 is 11.5 Å². The normalized spacial score (nSPS) is 12.1. The summed E-state index contributed by atoms with van der Waals surface area (Å²) in [6.45, 7) is 10.2. The molecule has 0 radical (unpaired) electrons. The summed E-state index contributed by atoms with van der Waals surface area (Å²) < 4.78 is 0.497. The first-order valence-electron chi connectivity index (χ1n) is 5.95. The van der Waals surface area contributed by atoms with Crippen molar-refractivity contribution in [2.45, 2.75) is 32.7 Å². The van der Waals surface area contributed by atoms with E-state index in [0.29, 0.717) is 23.1 Å². The average molecular weight is 256 g/mol. The Morgan fingerprint density at radius 2 is 1.83 bits per heavy atom. The number of hydrogen-bond acceptors (Lipinski definition) is 3. The Kier molecular flexibility index (Phi) is 5.55. The van der Waals surface area contributed by atoms with Gasteiger partial charge in [0.25, 0.3) is 0 Å². The van der Waals surface area contributed by atoms with Gasteiger partial charge in [0.15, 0.2) is 0 Å². The molecule has 104 valence electrons. The van der Waals surface area contributed by atoms with E-state index in [1.807, 2.05) is 27.9 Å². The lowest BCUT2D eigenvalue weighted by atomic mass is 10.0. The number of nitrogens with one attached hydrogen (secondary N) is 1. The number of carbonyl (C=O) groups is 2. The van der Waals surface area contributed by atoms with E-state index in [1.54, 1.807) is 6.92 Å². The van der Waals surface area contributed by atoms with E-state index in [4.69, 9.17) is 0 Å². The van der Waals surface area contributed by atoms with Crippen LogP contribution < -0.4 is 10.4 Å². The van der Waals surface area contributed by atoms with Gasteiger partial charge in [-0.25, -0.2) is 0 Å². The maximum Gasteiger partial charge on any atom is 0.246 e. The average Bonchev–Trinajstić information content (AvgIpc) is 2.12. The topological polar surface area (TPSA) is 69.2 Å². The summed E-state index contributed by atoms with van der Waals surface area (Å²) in [4.78, 5) is 22.1. The molecule has 1 N–H and O–H groups in total. The first-order valence-corrected chi connectivity index (χ1v) is 5.95. The summed E-state index contributed by atoms with van der Waals surface area (Å²) in [5.41, 5.74) is 0.0361. The first kappa shape index (κ1) is 16.6. The smallest absolute Gasteiger partial charge is 0.246 e. The van der Waals surface area contributed by atoms with Crippen LogP contribution in [0.1, 0.15) is 27.2 Å². The minimum absolute atomic E-state index is 0.0114. The molecule has 0 atom stereocenters. The van der Waals surface area contributed by atoms with Gasteiger partial charge in [0, 0.05) is 18.0 Å². The SMILES string of the molecule is C=C(C)C(=O)NC(C)(C)C[N+](C)(C)CCC(=O)[O-]. The molecule has 0 spiro atoms. The molecule has 0 aliphatic carbocycles. The van der Waals surface area contributed by atoms with Crippen molar-refractivity contribution in [1.29, 1.82) is 0 Å². The van der Waals surface area contributed by atoms with Crippen LogP contribution in [-0.4, -0.2) is 49.1 Å². The number of rotatable bonds is 7. The van der Waals surface area contributed by atoms with Crippen LogP contribution in [0.25, 0.3) is 0 Å². The van der Waals surface area contributed by atoms with Gasteiger partial charge in [-0.3, -0.25) is 4.79 Å². The largest absolute Gasteiger partial charge is 0.550 e. The number of likely N-dealkylation sites (N-methyl/N-ethyl adjacent to an activating group) is 1. The molecule has 0 unspecified atom stereocenters. The van der Waals surface area contributed by atoms with Crippen LogP contribution in [-0.2, 0) is 9.59 Å². The second-order valence-electron chi connectivity index (χ2n) is 6.06. The molecule has 0 bridgehead atoms. The summed E-state index contributed by atoms with van der Waals surface area (Å²) in [5.74, 6) is -1.23. The van der Waals surface area contributed by atoms with Gasteiger partial charge in [0.05, 0.1) is 26.2 Å². The van der Waals surface area contributed by atoms with E-state index >= 15 is 0 Å². The summed E-state index contributed by atoms with van der Waals surface area (Å²) >= 11 is 0. The van der Waals surface area contributed by atoms with Crippen molar-refractivity contribution in [2.24, 2.45) is 0 Å². The zero-order valence-electron chi connectivity index (χ0n) is 12.0. The fraction of sp³-hybridized carbons (Fsp3) is 0.692. The van der Waals surface area contributed by atoms with Gasteiger partial charge < -0.3 is 19.7 Å². The molecule has 5 nitrogen and oxygen atoms in total. The van der Waals surface area contributed by atoms with Gasteiger partial charge in [-0.1, -0.05) is 6.58 Å². The Hall–Kier alpha value is -1.36. The predicted molar refractivity (Wildman–Crippen MR) is 68.5 cm³/mol. The van der Waals surface area contributed by atoms with Crippen LogP contribution in [0.15, 0.2) is 12.2 Å². The fourth-order valence-electron chi connectivity index (χ4n) is 2.00. The van der Waals surface area contributed by atoms with Crippen molar-refractivity contribution >= 4 is 11.9 Å². The second kappa shape index (κ2) is 6.00. The highest BCUT2D eigenvalue weighted by atomic mass is 16.4. The molecule has 1 amide bonds. The van der Waals surface area contributed by atoms with Gasteiger partial charge in [-0.05, 0) is 20.8 Å². The quantitative estimate of drug-likeness (QED) is 0.501. The van der Waals surface area contributed by atoms with Crippen LogP contribution >= 0.6 is 0 Å². The Balaban J connectivity index is 4.49. The lowest BCUT2D eigenvalue weighted by Gasteiger charge is -2.38. The van der Waals surface area contributed by atoms with Crippen molar-refractivity contribution in [2.75, 3.05) is 27.2 Å². The van der Waals surface area contributed by atoms with Crippen molar-refractivity contribution in [1.82, 2.24) is 5.32 Å². The minimum atomic E-state index is -1.05. The molecule has 0 saturated heterocycles. The number of quaternary nitrogens is 1. The fourth-order valence-corrected chi connectivity index (χ4v) is 2.00. The third-order valence-corrected chi connectivity index (χ3v) is 2.58. The number of nitrogens with zero attached hydrogens (tertiary/aromatic N) is 1. The molecular weight excluding hydrogens is 232 g/mol. The van der Waals surface area contributed by atoms with Gasteiger partial charge in [0.1, 0.15) is 6.54 Å². The van der Waals surface area contributed by atoms with Crippen molar-refractivity contribution in [3.63, 3.8) is 0 Å². The third-order valence-electron chi connectivity index (χ3n) is 2.58. The number of aliphatic carboxylic acids is 1. The molecule has 0 saturated carbocycles. The number of amides is 1. The number of hydrogen-bond donors (Lipinski definition) is 1. The Bertz CT molecular complexity index is 346. The molecular formula is C13H24N2O3. The van der Waals surface area contributed by atoms with E-state index in [9.17, 15) is 14.7 Å². The summed E-state index contributed by atoms with van der Waals surface area (Å²) in [7, 11) is 3.86. The maximum absolute atomic E-state index is 11.6. The predicted octanol–water partition coefficient (Wildman–Crippen LogP) is -0.326. The van der Waals surface area contributed by atoms with Gasteiger partial charge in [0.2, 0.25) is 5.91 Å². The lowest BCUT2D eigenvalue weighted by molar-refractivity contribution is -0.893. The first-order chi connectivity index (χ1) is 7.95. The number of carboxylic acids is 1. The van der Waals surface area contributed by atoms with E-state index in [-0.39, 0.29) is 12.3 Å². The highest BCUT2D eigenvalue weighted by Crippen LogP contribution is 2.11. The molecule has 0 aromatic carbocycles. The van der Waals surface area contributed by atoms with Crippen molar-refractivity contribution in [3.05, 3.63) is 12.2 Å². The summed E-state index contributed by atoms with van der Waals surface area (Å²) in [5, 5.41) is 13.4. The maximum atomic E-state index is 11.6. The molecule has 0 fully saturated rings. The van der Waals surface area contributed by atoms with Crippen LogP contribution in [0, 0.1) is 0 Å². The Labute approximate surface area is 109 Å². The van der Waals surface area contributed by atoms with E-state index in [2.05, 4.69) is 11.9 Å². The second-order valence-corrected chi connectivity index (χ2v) is 6.06. The van der Waals surface area contributed by atoms with Gasteiger partial charge >= 0.3 is 0 Å². The zero-order chi connectivity index (χ0) is 14.6. The van der Waals surface area contributed by atoms with Gasteiger partial charge in [-0.15, -0.1) is 0 Å². The van der Waals surface area contributed by atoms with Crippen LogP contribution in [0.4, 0.5) is 0 Å². The monoisotopic (exact) mass is 256 g/mol. The summed E-state index contributed by atoms with van der Waals surface area (Å²) in [6, 6.07) is 0. The molecule has 0 aromatic rings. The molecule has 0 aromatic heterocycles. The van der Waals surface area contributed by atoms with Crippen molar-refractivity contribution in [3.8, 4) is 0 Å². The van der Waals surface area contributed by atoms with Crippen LogP contribution in [0.5, 0.6) is 0 Å². The standard InChI is InChI=1S/C13H24N2O3/c1-10(2)12(18)14-13(3,4)9-15(5,6)8-7-11(16)17/h1,7-9H2,2-6H3,(H-,14,16,17,18). The van der Waals surface area contributed by atoms with Crippen LogP contribution in [0.2, 0.25) is 0 Å². The lowest BCUT2D eigenvalue weighted by Crippen LogP contribution is -2.57. The molecule has 0 heterocycles. The highest BCUT2D eigenvalue weighted by molar-refractivity contribution is 5.92. The molecule has 5 heteroatoms. The van der Waals surface area contributed by atoms with E-state index in [0.717, 1.165) is 0 Å². The Morgan fingerprint density at radius 1 is 1.33 bits per heavy atom.